The summed E-state index contributed by atoms with van der Waals surface area (Å²) in [6, 6.07) is 1.88. The topological polar surface area (TPSA) is 60.2 Å². The Labute approximate surface area is 88.4 Å². The molecule has 14 heavy (non-hydrogen) atoms. The van der Waals surface area contributed by atoms with Crippen molar-refractivity contribution in [2.24, 2.45) is 5.73 Å². The number of hydrogen-bond acceptors (Lipinski definition) is 4. The first-order valence-electron chi connectivity index (χ1n) is 4.33. The fourth-order valence-electron chi connectivity index (χ4n) is 1.08. The lowest BCUT2D eigenvalue weighted by Gasteiger charge is -2.17. The fourth-order valence-corrected chi connectivity index (χ4v) is 1.26. The van der Waals surface area contributed by atoms with Crippen molar-refractivity contribution >= 4 is 17.3 Å². The quantitative estimate of drug-likeness (QED) is 0.773. The standard InChI is InChI=1S/C9H14ClN3O/c1-14-6-7(4-11)13-9-2-3-12-5-8(9)10/h2-3,5,7H,4,6,11H2,1H3,(H,12,13). The zero-order chi connectivity index (χ0) is 10.4. The van der Waals surface area contributed by atoms with Crippen LogP contribution in [0.1, 0.15) is 0 Å². The molecule has 0 amide bonds. The zero-order valence-electron chi connectivity index (χ0n) is 8.03. The third-order valence-electron chi connectivity index (χ3n) is 1.78. The first-order valence-corrected chi connectivity index (χ1v) is 4.70. The van der Waals surface area contributed by atoms with Crippen LogP contribution in [0.5, 0.6) is 0 Å². The van der Waals surface area contributed by atoms with Gasteiger partial charge in [0, 0.05) is 26.0 Å². The number of hydrogen-bond donors (Lipinski definition) is 2. The highest BCUT2D eigenvalue weighted by atomic mass is 35.5. The number of nitrogens with two attached hydrogens (primary N) is 1. The van der Waals surface area contributed by atoms with E-state index in [1.165, 1.54) is 0 Å². The number of anilines is 1. The van der Waals surface area contributed by atoms with Crippen molar-refractivity contribution in [3.63, 3.8) is 0 Å². The molecule has 0 fully saturated rings. The number of nitrogens with zero attached hydrogens (tertiary/aromatic N) is 1. The number of pyridine rings is 1. The smallest absolute Gasteiger partial charge is 0.0820 e. The maximum Gasteiger partial charge on any atom is 0.0820 e. The largest absolute Gasteiger partial charge is 0.383 e. The van der Waals surface area contributed by atoms with Crippen LogP contribution in [0.3, 0.4) is 0 Å². The Hall–Kier alpha value is -0.840. The molecule has 0 aliphatic rings. The van der Waals surface area contributed by atoms with Gasteiger partial charge in [0.05, 0.1) is 23.4 Å². The van der Waals surface area contributed by atoms with E-state index >= 15 is 0 Å². The summed E-state index contributed by atoms with van der Waals surface area (Å²) in [7, 11) is 1.64. The van der Waals surface area contributed by atoms with Crippen molar-refractivity contribution in [1.82, 2.24) is 4.98 Å². The van der Waals surface area contributed by atoms with Crippen LogP contribution in [0.4, 0.5) is 5.69 Å². The molecule has 0 bridgehead atoms. The van der Waals surface area contributed by atoms with Crippen LogP contribution in [-0.4, -0.2) is 31.3 Å². The van der Waals surface area contributed by atoms with E-state index in [1.807, 2.05) is 0 Å². The SMILES string of the molecule is COCC(CN)Nc1ccncc1Cl. The highest BCUT2D eigenvalue weighted by Crippen LogP contribution is 2.19. The van der Waals surface area contributed by atoms with Crippen molar-refractivity contribution in [2.75, 3.05) is 25.6 Å². The number of ether oxygens (including phenoxy) is 1. The van der Waals surface area contributed by atoms with Gasteiger partial charge in [-0.3, -0.25) is 4.98 Å². The monoisotopic (exact) mass is 215 g/mol. The Balaban J connectivity index is 2.62. The molecule has 4 nitrogen and oxygen atoms in total. The summed E-state index contributed by atoms with van der Waals surface area (Å²) < 4.78 is 5.01. The molecular formula is C9H14ClN3O. The fraction of sp³-hybridized carbons (Fsp3) is 0.444. The summed E-state index contributed by atoms with van der Waals surface area (Å²) in [4.78, 5) is 3.89. The summed E-state index contributed by atoms with van der Waals surface area (Å²) in [6.07, 6.45) is 3.26. The van der Waals surface area contributed by atoms with Crippen LogP contribution in [-0.2, 0) is 4.74 Å². The molecule has 0 aromatic carbocycles. The van der Waals surface area contributed by atoms with E-state index in [9.17, 15) is 0 Å². The third-order valence-corrected chi connectivity index (χ3v) is 2.09. The molecule has 1 atom stereocenters. The molecule has 0 saturated carbocycles. The van der Waals surface area contributed by atoms with E-state index in [0.29, 0.717) is 18.2 Å². The van der Waals surface area contributed by atoms with Crippen LogP contribution in [0.2, 0.25) is 5.02 Å². The molecule has 1 aromatic rings. The minimum atomic E-state index is 0.0694. The minimum Gasteiger partial charge on any atom is -0.383 e. The van der Waals surface area contributed by atoms with Crippen LogP contribution >= 0.6 is 11.6 Å². The van der Waals surface area contributed by atoms with Crippen molar-refractivity contribution in [3.05, 3.63) is 23.5 Å². The highest BCUT2D eigenvalue weighted by molar-refractivity contribution is 6.33. The third kappa shape index (κ3) is 3.14. The summed E-state index contributed by atoms with van der Waals surface area (Å²) >= 11 is 5.92. The van der Waals surface area contributed by atoms with Gasteiger partial charge >= 0.3 is 0 Å². The number of rotatable bonds is 5. The summed E-state index contributed by atoms with van der Waals surface area (Å²) in [5.74, 6) is 0. The van der Waals surface area contributed by atoms with E-state index in [1.54, 1.807) is 25.6 Å². The molecule has 1 heterocycles. The van der Waals surface area contributed by atoms with Gasteiger partial charge in [0.25, 0.3) is 0 Å². The Morgan fingerprint density at radius 1 is 1.71 bits per heavy atom. The number of methoxy groups -OCH3 is 1. The Morgan fingerprint density at radius 3 is 3.07 bits per heavy atom. The molecule has 1 unspecified atom stereocenters. The average molecular weight is 216 g/mol. The second-order valence-electron chi connectivity index (χ2n) is 2.89. The van der Waals surface area contributed by atoms with Crippen LogP contribution < -0.4 is 11.1 Å². The minimum absolute atomic E-state index is 0.0694. The van der Waals surface area contributed by atoms with Crippen LogP contribution in [0, 0.1) is 0 Å². The second-order valence-corrected chi connectivity index (χ2v) is 3.30. The van der Waals surface area contributed by atoms with E-state index < -0.39 is 0 Å². The first kappa shape index (κ1) is 11.2. The molecule has 5 heteroatoms. The van der Waals surface area contributed by atoms with Crippen molar-refractivity contribution in [3.8, 4) is 0 Å². The first-order chi connectivity index (χ1) is 6.77. The number of aromatic nitrogens is 1. The maximum absolute atomic E-state index is 5.92. The normalized spacial score (nSPS) is 12.5. The molecule has 3 N–H and O–H groups in total. The van der Waals surface area contributed by atoms with Gasteiger partial charge in [0.15, 0.2) is 0 Å². The molecule has 1 aromatic heterocycles. The molecular weight excluding hydrogens is 202 g/mol. The van der Waals surface area contributed by atoms with Crippen molar-refractivity contribution in [1.29, 1.82) is 0 Å². The Kier molecular flexibility index (Phi) is 4.65. The van der Waals surface area contributed by atoms with E-state index in [0.717, 1.165) is 5.69 Å². The summed E-state index contributed by atoms with van der Waals surface area (Å²) in [5.41, 5.74) is 6.38. The van der Waals surface area contributed by atoms with Gasteiger partial charge in [-0.05, 0) is 6.07 Å². The van der Waals surface area contributed by atoms with Crippen LogP contribution in [0.25, 0.3) is 0 Å². The lowest BCUT2D eigenvalue weighted by molar-refractivity contribution is 0.187. The van der Waals surface area contributed by atoms with E-state index in [4.69, 9.17) is 22.1 Å². The number of nitrogens with one attached hydrogen (secondary N) is 1. The Morgan fingerprint density at radius 2 is 2.50 bits per heavy atom. The lowest BCUT2D eigenvalue weighted by atomic mass is 10.3. The summed E-state index contributed by atoms with van der Waals surface area (Å²) in [5, 5.41) is 3.76. The molecule has 0 aliphatic carbocycles. The average Bonchev–Trinajstić information content (AvgIpc) is 2.20. The van der Waals surface area contributed by atoms with Gasteiger partial charge in [-0.25, -0.2) is 0 Å². The van der Waals surface area contributed by atoms with Crippen molar-refractivity contribution < 1.29 is 4.74 Å². The van der Waals surface area contributed by atoms with Gasteiger partial charge in [-0.1, -0.05) is 11.6 Å². The Bertz CT molecular complexity index is 283. The van der Waals surface area contributed by atoms with E-state index in [2.05, 4.69) is 10.3 Å². The predicted molar refractivity (Wildman–Crippen MR) is 57.6 cm³/mol. The van der Waals surface area contributed by atoms with E-state index in [-0.39, 0.29) is 6.04 Å². The molecule has 0 saturated heterocycles. The van der Waals surface area contributed by atoms with Gasteiger partial charge in [0.2, 0.25) is 0 Å². The molecule has 0 aliphatic heterocycles. The molecule has 0 spiro atoms. The van der Waals surface area contributed by atoms with Gasteiger partial charge in [-0.15, -0.1) is 0 Å². The summed E-state index contributed by atoms with van der Waals surface area (Å²) in [6.45, 7) is 1.04. The van der Waals surface area contributed by atoms with Gasteiger partial charge in [-0.2, -0.15) is 0 Å². The van der Waals surface area contributed by atoms with Gasteiger partial charge < -0.3 is 15.8 Å². The molecule has 78 valence electrons. The van der Waals surface area contributed by atoms with Crippen molar-refractivity contribution in [2.45, 2.75) is 6.04 Å². The maximum atomic E-state index is 5.92. The number of halogens is 1. The van der Waals surface area contributed by atoms with Gasteiger partial charge in [0.1, 0.15) is 0 Å². The zero-order valence-corrected chi connectivity index (χ0v) is 8.79. The van der Waals surface area contributed by atoms with Crippen LogP contribution in [0.15, 0.2) is 18.5 Å². The highest BCUT2D eigenvalue weighted by Gasteiger charge is 2.07. The lowest BCUT2D eigenvalue weighted by Crippen LogP contribution is -2.33. The predicted octanol–water partition coefficient (Wildman–Crippen LogP) is 1.12. The second kappa shape index (κ2) is 5.80. The molecule has 1 rings (SSSR count). The molecule has 0 radical (unpaired) electrons.